The predicted molar refractivity (Wildman–Crippen MR) is 87.6 cm³/mol. The van der Waals surface area contributed by atoms with Gasteiger partial charge in [0, 0.05) is 22.8 Å². The highest BCUT2D eigenvalue weighted by molar-refractivity contribution is 7.21. The lowest BCUT2D eigenvalue weighted by atomic mass is 10.1. The molecule has 0 saturated heterocycles. The van der Waals surface area contributed by atoms with E-state index in [1.54, 1.807) is 26.0 Å². The van der Waals surface area contributed by atoms with Crippen molar-refractivity contribution in [3.05, 3.63) is 51.5 Å². The van der Waals surface area contributed by atoms with Crippen LogP contribution in [0.3, 0.4) is 0 Å². The molecule has 24 heavy (non-hydrogen) atoms. The smallest absolute Gasteiger partial charge is 0.349 e. The molecular formula is C17H16FNO4S. The molecule has 0 amide bonds. The molecule has 0 aliphatic carbocycles. The topological polar surface area (TPSA) is 61.6 Å². The fourth-order valence-corrected chi connectivity index (χ4v) is 3.64. The number of hydrogen-bond donors (Lipinski definition) is 0. The zero-order chi connectivity index (χ0) is 17.3. The molecule has 5 nitrogen and oxygen atoms in total. The summed E-state index contributed by atoms with van der Waals surface area (Å²) in [6.07, 6.45) is 0. The molecule has 0 unspecified atom stereocenters. The number of hydrogen-bond acceptors (Lipinski definition) is 6. The zero-order valence-electron chi connectivity index (χ0n) is 13.5. The number of aromatic nitrogens is 1. The third kappa shape index (κ3) is 2.92. The highest BCUT2D eigenvalue weighted by Gasteiger charge is 2.22. The first-order valence-corrected chi connectivity index (χ1v) is 8.12. The molecule has 3 rings (SSSR count). The molecule has 2 heterocycles. The Bertz CT molecular complexity index is 880. The summed E-state index contributed by atoms with van der Waals surface area (Å²) in [6, 6.07) is 4.75. The SMILES string of the molecule is COCc1c(C(=O)OCc2c(C)noc2C)sc2cccc(F)c12. The van der Waals surface area contributed by atoms with Crippen LogP contribution in [0, 0.1) is 19.7 Å². The van der Waals surface area contributed by atoms with Crippen LogP contribution in [0.15, 0.2) is 22.7 Å². The van der Waals surface area contributed by atoms with Gasteiger partial charge in [0.05, 0.1) is 17.9 Å². The molecule has 7 heteroatoms. The summed E-state index contributed by atoms with van der Waals surface area (Å²) in [5.74, 6) is -0.275. The summed E-state index contributed by atoms with van der Waals surface area (Å²) >= 11 is 1.20. The number of halogens is 1. The Balaban J connectivity index is 1.92. The van der Waals surface area contributed by atoms with Gasteiger partial charge in [-0.2, -0.15) is 0 Å². The van der Waals surface area contributed by atoms with Crippen molar-refractivity contribution in [3.8, 4) is 0 Å². The normalized spacial score (nSPS) is 11.2. The Morgan fingerprint density at radius 2 is 2.08 bits per heavy atom. The summed E-state index contributed by atoms with van der Waals surface area (Å²) < 4.78 is 30.4. The lowest BCUT2D eigenvalue weighted by Gasteiger charge is -2.06. The molecule has 0 saturated carbocycles. The minimum absolute atomic E-state index is 0.0587. The van der Waals surface area contributed by atoms with Crippen molar-refractivity contribution in [1.29, 1.82) is 0 Å². The van der Waals surface area contributed by atoms with Crippen molar-refractivity contribution >= 4 is 27.4 Å². The average molecular weight is 349 g/mol. The maximum Gasteiger partial charge on any atom is 0.349 e. The number of rotatable bonds is 5. The predicted octanol–water partition coefficient (Wildman–Crippen LogP) is 4.15. The van der Waals surface area contributed by atoms with Gasteiger partial charge in [-0.25, -0.2) is 9.18 Å². The standard InChI is InChI=1S/C17H16FNO4S/c1-9-11(10(2)23-19-9)8-22-17(20)16-12(7-21-3)15-13(18)5-4-6-14(15)24-16/h4-6H,7-8H2,1-3H3. The Morgan fingerprint density at radius 1 is 1.29 bits per heavy atom. The Labute approximate surface area is 142 Å². The Morgan fingerprint density at radius 3 is 2.75 bits per heavy atom. The Kier molecular flexibility index (Phi) is 4.64. The van der Waals surface area contributed by atoms with Crippen LogP contribution in [-0.2, 0) is 22.7 Å². The summed E-state index contributed by atoms with van der Waals surface area (Å²) in [4.78, 5) is 12.8. The monoisotopic (exact) mass is 349 g/mol. The van der Waals surface area contributed by atoms with E-state index in [1.165, 1.54) is 24.5 Å². The molecule has 0 spiro atoms. The molecule has 2 aromatic heterocycles. The molecule has 3 aromatic rings. The minimum Gasteiger partial charge on any atom is -0.456 e. The number of esters is 1. The molecular weight excluding hydrogens is 333 g/mol. The van der Waals surface area contributed by atoms with Gasteiger partial charge in [0.2, 0.25) is 0 Å². The van der Waals surface area contributed by atoms with Crippen LogP contribution in [0.4, 0.5) is 4.39 Å². The van der Waals surface area contributed by atoms with E-state index >= 15 is 0 Å². The molecule has 126 valence electrons. The van der Waals surface area contributed by atoms with Gasteiger partial charge in [-0.15, -0.1) is 11.3 Å². The number of carbonyl (C=O) groups is 1. The number of ether oxygens (including phenoxy) is 2. The molecule has 0 aliphatic rings. The van der Waals surface area contributed by atoms with Crippen LogP contribution in [0.2, 0.25) is 0 Å². The summed E-state index contributed by atoms with van der Waals surface area (Å²) in [5.41, 5.74) is 1.93. The quantitative estimate of drug-likeness (QED) is 0.648. The molecule has 0 radical (unpaired) electrons. The molecule has 0 bridgehead atoms. The van der Waals surface area contributed by atoms with E-state index in [0.29, 0.717) is 32.0 Å². The maximum absolute atomic E-state index is 14.1. The van der Waals surface area contributed by atoms with E-state index in [-0.39, 0.29) is 19.0 Å². The van der Waals surface area contributed by atoms with Gasteiger partial charge in [-0.1, -0.05) is 11.2 Å². The van der Waals surface area contributed by atoms with Crippen LogP contribution in [-0.4, -0.2) is 18.2 Å². The molecule has 0 fully saturated rings. The highest BCUT2D eigenvalue weighted by Crippen LogP contribution is 2.34. The summed E-state index contributed by atoms with van der Waals surface area (Å²) in [7, 11) is 1.50. The first kappa shape index (κ1) is 16.6. The molecule has 0 N–H and O–H groups in total. The van der Waals surface area contributed by atoms with Crippen LogP contribution in [0.25, 0.3) is 10.1 Å². The van der Waals surface area contributed by atoms with E-state index in [4.69, 9.17) is 14.0 Å². The van der Waals surface area contributed by atoms with Gasteiger partial charge in [-0.3, -0.25) is 0 Å². The van der Waals surface area contributed by atoms with Crippen molar-refractivity contribution in [2.24, 2.45) is 0 Å². The van der Waals surface area contributed by atoms with Crippen molar-refractivity contribution in [2.75, 3.05) is 7.11 Å². The first-order chi connectivity index (χ1) is 11.5. The zero-order valence-corrected chi connectivity index (χ0v) is 14.3. The number of nitrogens with zero attached hydrogens (tertiary/aromatic N) is 1. The highest BCUT2D eigenvalue weighted by atomic mass is 32.1. The van der Waals surface area contributed by atoms with E-state index in [9.17, 15) is 9.18 Å². The van der Waals surface area contributed by atoms with E-state index < -0.39 is 5.97 Å². The third-order valence-corrected chi connectivity index (χ3v) is 4.94. The van der Waals surface area contributed by atoms with Gasteiger partial charge in [0.1, 0.15) is 23.1 Å². The van der Waals surface area contributed by atoms with Gasteiger partial charge in [-0.05, 0) is 26.0 Å². The van der Waals surface area contributed by atoms with Crippen molar-refractivity contribution in [3.63, 3.8) is 0 Å². The van der Waals surface area contributed by atoms with Gasteiger partial charge >= 0.3 is 5.97 Å². The van der Waals surface area contributed by atoms with Crippen molar-refractivity contribution in [1.82, 2.24) is 5.16 Å². The van der Waals surface area contributed by atoms with Crippen LogP contribution >= 0.6 is 11.3 Å². The second kappa shape index (κ2) is 6.70. The number of benzene rings is 1. The molecule has 0 aliphatic heterocycles. The average Bonchev–Trinajstić information content (AvgIpc) is 3.08. The van der Waals surface area contributed by atoms with Gasteiger partial charge in [0.15, 0.2) is 0 Å². The van der Waals surface area contributed by atoms with Crippen molar-refractivity contribution in [2.45, 2.75) is 27.1 Å². The molecule has 0 atom stereocenters. The third-order valence-electron chi connectivity index (χ3n) is 3.77. The second-order valence-corrected chi connectivity index (χ2v) is 6.39. The lowest BCUT2D eigenvalue weighted by molar-refractivity contribution is 0.0472. The van der Waals surface area contributed by atoms with Crippen molar-refractivity contribution < 1.29 is 23.2 Å². The van der Waals surface area contributed by atoms with Crippen LogP contribution < -0.4 is 0 Å². The fourth-order valence-electron chi connectivity index (χ4n) is 2.53. The van der Waals surface area contributed by atoms with E-state index in [1.807, 2.05) is 0 Å². The number of methoxy groups -OCH3 is 1. The van der Waals surface area contributed by atoms with Gasteiger partial charge < -0.3 is 14.0 Å². The minimum atomic E-state index is -0.511. The van der Waals surface area contributed by atoms with E-state index in [2.05, 4.69) is 5.16 Å². The largest absolute Gasteiger partial charge is 0.456 e. The van der Waals surface area contributed by atoms with Crippen LogP contribution in [0.5, 0.6) is 0 Å². The number of carbonyl (C=O) groups excluding carboxylic acids is 1. The molecule has 1 aromatic carbocycles. The first-order valence-electron chi connectivity index (χ1n) is 7.30. The number of fused-ring (bicyclic) bond motifs is 1. The Hall–Kier alpha value is -2.25. The lowest BCUT2D eigenvalue weighted by Crippen LogP contribution is -2.07. The fraction of sp³-hybridized carbons (Fsp3) is 0.294. The van der Waals surface area contributed by atoms with E-state index in [0.717, 1.165) is 5.56 Å². The summed E-state index contributed by atoms with van der Waals surface area (Å²) in [6.45, 7) is 3.74. The maximum atomic E-state index is 14.1. The van der Waals surface area contributed by atoms with Gasteiger partial charge in [0.25, 0.3) is 0 Å². The van der Waals surface area contributed by atoms with Crippen LogP contribution in [0.1, 0.15) is 32.3 Å². The number of aryl methyl sites for hydroxylation is 2. The second-order valence-electron chi connectivity index (χ2n) is 5.33. The number of thiophene rings is 1. The summed E-state index contributed by atoms with van der Waals surface area (Å²) in [5, 5.41) is 4.24.